The molecule has 0 spiro atoms. The second kappa shape index (κ2) is 3.69. The second-order valence-electron chi connectivity index (χ2n) is 4.16. The van der Waals surface area contributed by atoms with E-state index >= 15 is 0 Å². The maximum Gasteiger partial charge on any atom is 0.226 e. The third-order valence-corrected chi connectivity index (χ3v) is 3.08. The van der Waals surface area contributed by atoms with Gasteiger partial charge in [-0.05, 0) is 11.6 Å². The minimum Gasteiger partial charge on any atom is -0.311 e. The van der Waals surface area contributed by atoms with Crippen molar-refractivity contribution in [2.75, 3.05) is 5.32 Å². The molecule has 1 amide bonds. The van der Waals surface area contributed by atoms with Crippen LogP contribution in [0.2, 0.25) is 0 Å². The van der Waals surface area contributed by atoms with E-state index in [-0.39, 0.29) is 11.8 Å². The van der Waals surface area contributed by atoms with Gasteiger partial charge in [0.2, 0.25) is 5.91 Å². The van der Waals surface area contributed by atoms with Crippen molar-refractivity contribution in [3.05, 3.63) is 41.9 Å². The Kier molecular flexibility index (Phi) is 2.18. The lowest BCUT2D eigenvalue weighted by atomic mass is 9.88. The van der Waals surface area contributed by atoms with Crippen LogP contribution in [-0.4, -0.2) is 20.7 Å². The van der Waals surface area contributed by atoms with Gasteiger partial charge in [0, 0.05) is 37.3 Å². The zero-order chi connectivity index (χ0) is 11.8. The first-order chi connectivity index (χ1) is 8.25. The third-order valence-electron chi connectivity index (χ3n) is 3.08. The number of rotatable bonds is 1. The summed E-state index contributed by atoms with van der Waals surface area (Å²) in [5, 5.41) is 7.04. The van der Waals surface area contributed by atoms with Crippen molar-refractivity contribution in [3.63, 3.8) is 0 Å². The predicted octanol–water partition coefficient (Wildman–Crippen LogP) is 1.29. The summed E-state index contributed by atoms with van der Waals surface area (Å²) in [5.41, 5.74) is 2.11. The highest BCUT2D eigenvalue weighted by Gasteiger charge is 2.29. The van der Waals surface area contributed by atoms with Crippen LogP contribution in [0.15, 0.2) is 30.7 Å². The lowest BCUT2D eigenvalue weighted by Gasteiger charge is -2.22. The van der Waals surface area contributed by atoms with Gasteiger partial charge in [-0.15, -0.1) is 0 Å². The number of fused-ring (bicyclic) bond motifs is 1. The number of nitrogens with zero attached hydrogens (tertiary/aromatic N) is 3. The molecule has 1 atom stereocenters. The molecule has 5 nitrogen and oxygen atoms in total. The SMILES string of the molecule is Cn1ncc2c1NC(=O)C[C@H]2c1cccnc1. The quantitative estimate of drug-likeness (QED) is 0.800. The van der Waals surface area contributed by atoms with Gasteiger partial charge in [0.25, 0.3) is 0 Å². The molecule has 0 aliphatic carbocycles. The fraction of sp³-hybridized carbons (Fsp3) is 0.250. The van der Waals surface area contributed by atoms with Gasteiger partial charge >= 0.3 is 0 Å². The van der Waals surface area contributed by atoms with Gasteiger partial charge in [-0.25, -0.2) is 0 Å². The van der Waals surface area contributed by atoms with Crippen LogP contribution in [0.3, 0.4) is 0 Å². The lowest BCUT2D eigenvalue weighted by molar-refractivity contribution is -0.116. The van der Waals surface area contributed by atoms with E-state index in [1.807, 2.05) is 25.4 Å². The monoisotopic (exact) mass is 228 g/mol. The smallest absolute Gasteiger partial charge is 0.226 e. The molecule has 5 heteroatoms. The molecule has 0 radical (unpaired) electrons. The van der Waals surface area contributed by atoms with E-state index in [9.17, 15) is 4.79 Å². The number of hydrogen-bond donors (Lipinski definition) is 1. The highest BCUT2D eigenvalue weighted by Crippen LogP contribution is 2.35. The standard InChI is InChI=1S/C12H12N4O/c1-16-12-10(7-14-16)9(5-11(17)15-12)8-3-2-4-13-6-8/h2-4,6-7,9H,5H2,1H3,(H,15,17)/t9-/m0/s1. The number of pyridine rings is 1. The summed E-state index contributed by atoms with van der Waals surface area (Å²) in [6.45, 7) is 0. The summed E-state index contributed by atoms with van der Waals surface area (Å²) < 4.78 is 1.69. The molecule has 3 heterocycles. The highest BCUT2D eigenvalue weighted by molar-refractivity contribution is 5.94. The van der Waals surface area contributed by atoms with Gasteiger partial charge in [0.15, 0.2) is 0 Å². The zero-order valence-electron chi connectivity index (χ0n) is 9.42. The van der Waals surface area contributed by atoms with Gasteiger partial charge in [0.05, 0.1) is 6.20 Å². The summed E-state index contributed by atoms with van der Waals surface area (Å²) in [6, 6.07) is 3.88. The molecule has 0 saturated carbocycles. The van der Waals surface area contributed by atoms with E-state index in [2.05, 4.69) is 15.4 Å². The molecule has 1 N–H and O–H groups in total. The molecule has 1 aliphatic heterocycles. The molecule has 1 aliphatic rings. The fourth-order valence-electron chi connectivity index (χ4n) is 2.22. The van der Waals surface area contributed by atoms with Crippen LogP contribution in [0.25, 0.3) is 0 Å². The first-order valence-corrected chi connectivity index (χ1v) is 5.47. The average molecular weight is 228 g/mol. The van der Waals surface area contributed by atoms with Crippen LogP contribution in [0, 0.1) is 0 Å². The maximum absolute atomic E-state index is 11.7. The number of carbonyl (C=O) groups excluding carboxylic acids is 1. The number of carbonyl (C=O) groups is 1. The van der Waals surface area contributed by atoms with E-state index < -0.39 is 0 Å². The first-order valence-electron chi connectivity index (χ1n) is 5.47. The molecule has 17 heavy (non-hydrogen) atoms. The summed E-state index contributed by atoms with van der Waals surface area (Å²) in [5.74, 6) is 0.867. The van der Waals surface area contributed by atoms with E-state index in [1.165, 1.54) is 0 Å². The molecule has 0 saturated heterocycles. The maximum atomic E-state index is 11.7. The summed E-state index contributed by atoms with van der Waals surface area (Å²) >= 11 is 0. The Labute approximate surface area is 98.5 Å². The van der Waals surface area contributed by atoms with Gasteiger partial charge in [-0.1, -0.05) is 6.07 Å². The Balaban J connectivity index is 2.10. The predicted molar refractivity (Wildman–Crippen MR) is 62.5 cm³/mol. The molecule has 3 rings (SSSR count). The number of nitrogens with one attached hydrogen (secondary N) is 1. The van der Waals surface area contributed by atoms with Crippen molar-refractivity contribution in [3.8, 4) is 0 Å². The number of aromatic nitrogens is 3. The number of hydrogen-bond acceptors (Lipinski definition) is 3. The zero-order valence-corrected chi connectivity index (χ0v) is 9.42. The Morgan fingerprint density at radius 3 is 3.12 bits per heavy atom. The molecule has 0 unspecified atom stereocenters. The molecule has 2 aromatic rings. The summed E-state index contributed by atoms with van der Waals surface area (Å²) in [4.78, 5) is 15.8. The number of aryl methyl sites for hydroxylation is 1. The van der Waals surface area contributed by atoms with E-state index in [0.717, 1.165) is 16.9 Å². The van der Waals surface area contributed by atoms with Crippen LogP contribution in [0.4, 0.5) is 5.82 Å². The van der Waals surface area contributed by atoms with Crippen LogP contribution in [0.1, 0.15) is 23.5 Å². The van der Waals surface area contributed by atoms with Crippen molar-refractivity contribution < 1.29 is 4.79 Å². The number of anilines is 1. The summed E-state index contributed by atoms with van der Waals surface area (Å²) in [6.07, 6.45) is 5.80. The third kappa shape index (κ3) is 1.60. The minimum absolute atomic E-state index is 0.0231. The topological polar surface area (TPSA) is 59.8 Å². The van der Waals surface area contributed by atoms with Crippen molar-refractivity contribution in [1.82, 2.24) is 14.8 Å². The van der Waals surface area contributed by atoms with Gasteiger partial charge in [-0.2, -0.15) is 5.10 Å². The van der Waals surface area contributed by atoms with E-state index in [1.54, 1.807) is 17.1 Å². The molecular weight excluding hydrogens is 216 g/mol. The Bertz CT molecular complexity index is 561. The average Bonchev–Trinajstić information content (AvgIpc) is 2.72. The Morgan fingerprint density at radius 1 is 1.47 bits per heavy atom. The first kappa shape index (κ1) is 10.0. The molecule has 86 valence electrons. The Hall–Kier alpha value is -2.17. The Morgan fingerprint density at radius 2 is 2.35 bits per heavy atom. The van der Waals surface area contributed by atoms with Crippen molar-refractivity contribution >= 4 is 11.7 Å². The van der Waals surface area contributed by atoms with Crippen molar-refractivity contribution in [1.29, 1.82) is 0 Å². The molecule has 0 aromatic carbocycles. The normalized spacial score (nSPS) is 18.6. The van der Waals surface area contributed by atoms with Gasteiger partial charge in [-0.3, -0.25) is 14.5 Å². The van der Waals surface area contributed by atoms with Gasteiger partial charge < -0.3 is 5.32 Å². The van der Waals surface area contributed by atoms with Crippen LogP contribution < -0.4 is 5.32 Å². The number of amides is 1. The van der Waals surface area contributed by atoms with Crippen LogP contribution >= 0.6 is 0 Å². The minimum atomic E-state index is 0.0231. The molecule has 2 aromatic heterocycles. The van der Waals surface area contributed by atoms with E-state index in [4.69, 9.17) is 0 Å². The molecule has 0 bridgehead atoms. The van der Waals surface area contributed by atoms with E-state index in [0.29, 0.717) is 6.42 Å². The molecular formula is C12H12N4O. The molecule has 0 fully saturated rings. The van der Waals surface area contributed by atoms with Gasteiger partial charge in [0.1, 0.15) is 5.82 Å². The fourth-order valence-corrected chi connectivity index (χ4v) is 2.22. The van der Waals surface area contributed by atoms with Crippen molar-refractivity contribution in [2.24, 2.45) is 7.05 Å². The second-order valence-corrected chi connectivity index (χ2v) is 4.16. The highest BCUT2D eigenvalue weighted by atomic mass is 16.1. The lowest BCUT2D eigenvalue weighted by Crippen LogP contribution is -2.24. The van der Waals surface area contributed by atoms with Crippen molar-refractivity contribution in [2.45, 2.75) is 12.3 Å². The van der Waals surface area contributed by atoms with Crippen LogP contribution in [0.5, 0.6) is 0 Å². The summed E-state index contributed by atoms with van der Waals surface area (Å²) in [7, 11) is 1.82. The largest absolute Gasteiger partial charge is 0.311 e. The van der Waals surface area contributed by atoms with Crippen LogP contribution in [-0.2, 0) is 11.8 Å².